The molecule has 1 aromatic carbocycles. The average molecular weight is 428 g/mol. The van der Waals surface area contributed by atoms with Crippen LogP contribution < -0.4 is 10.6 Å². The lowest BCUT2D eigenvalue weighted by atomic mass is 10.1. The SMILES string of the molecule is CN=C(NCCc1cc(Cl)cc(Cl)c1)NCC1CC1.I. The second kappa shape index (κ2) is 8.95. The first-order valence-electron chi connectivity index (χ1n) is 6.57. The Morgan fingerprint density at radius 1 is 1.20 bits per heavy atom. The van der Waals surface area contributed by atoms with E-state index in [0.29, 0.717) is 10.0 Å². The molecule has 6 heteroatoms. The first kappa shape index (κ1) is 17.9. The quantitative estimate of drug-likeness (QED) is 0.426. The number of rotatable bonds is 5. The monoisotopic (exact) mass is 427 g/mol. The van der Waals surface area contributed by atoms with Crippen molar-refractivity contribution in [3.05, 3.63) is 33.8 Å². The molecule has 1 saturated carbocycles. The number of hydrogen-bond donors (Lipinski definition) is 2. The molecule has 112 valence electrons. The van der Waals surface area contributed by atoms with Crippen LogP contribution in [-0.2, 0) is 6.42 Å². The number of aliphatic imine (C=N–C) groups is 1. The van der Waals surface area contributed by atoms with E-state index in [4.69, 9.17) is 23.2 Å². The number of guanidine groups is 1. The van der Waals surface area contributed by atoms with E-state index in [-0.39, 0.29) is 24.0 Å². The maximum Gasteiger partial charge on any atom is 0.190 e. The van der Waals surface area contributed by atoms with Gasteiger partial charge in [0.15, 0.2) is 5.96 Å². The minimum Gasteiger partial charge on any atom is -0.356 e. The van der Waals surface area contributed by atoms with Gasteiger partial charge in [0.1, 0.15) is 0 Å². The Labute approximate surface area is 147 Å². The predicted molar refractivity (Wildman–Crippen MR) is 97.7 cm³/mol. The van der Waals surface area contributed by atoms with Crippen molar-refractivity contribution in [1.82, 2.24) is 10.6 Å². The molecule has 0 atom stereocenters. The van der Waals surface area contributed by atoms with Crippen molar-refractivity contribution in [2.45, 2.75) is 19.3 Å². The van der Waals surface area contributed by atoms with E-state index in [2.05, 4.69) is 15.6 Å². The van der Waals surface area contributed by atoms with Crippen LogP contribution in [0.2, 0.25) is 10.0 Å². The Morgan fingerprint density at radius 2 is 1.85 bits per heavy atom. The molecular weight excluding hydrogens is 408 g/mol. The van der Waals surface area contributed by atoms with Gasteiger partial charge < -0.3 is 10.6 Å². The zero-order valence-electron chi connectivity index (χ0n) is 11.5. The van der Waals surface area contributed by atoms with Gasteiger partial charge in [0.25, 0.3) is 0 Å². The van der Waals surface area contributed by atoms with Crippen LogP contribution >= 0.6 is 47.2 Å². The molecule has 0 spiro atoms. The standard InChI is InChI=1S/C14H19Cl2N3.HI/c1-17-14(19-9-10-2-3-10)18-5-4-11-6-12(15)8-13(16)7-11;/h6-8,10H,2-5,9H2,1H3,(H2,17,18,19);1H. The fourth-order valence-corrected chi connectivity index (χ4v) is 2.44. The Kier molecular flexibility index (Phi) is 7.99. The number of hydrogen-bond acceptors (Lipinski definition) is 1. The molecule has 0 aromatic heterocycles. The van der Waals surface area contributed by atoms with Crippen molar-refractivity contribution in [3.63, 3.8) is 0 Å². The molecule has 1 aliphatic carbocycles. The first-order valence-corrected chi connectivity index (χ1v) is 7.32. The maximum atomic E-state index is 5.97. The van der Waals surface area contributed by atoms with Gasteiger partial charge in [-0.05, 0) is 48.9 Å². The third-order valence-corrected chi connectivity index (χ3v) is 3.54. The summed E-state index contributed by atoms with van der Waals surface area (Å²) in [6, 6.07) is 5.63. The summed E-state index contributed by atoms with van der Waals surface area (Å²) in [6.07, 6.45) is 3.54. The highest BCUT2D eigenvalue weighted by Gasteiger charge is 2.20. The number of nitrogens with zero attached hydrogens (tertiary/aromatic N) is 1. The molecule has 0 saturated heterocycles. The number of benzene rings is 1. The van der Waals surface area contributed by atoms with E-state index >= 15 is 0 Å². The molecule has 1 aromatic rings. The summed E-state index contributed by atoms with van der Waals surface area (Å²) in [4.78, 5) is 4.20. The highest BCUT2D eigenvalue weighted by molar-refractivity contribution is 14.0. The van der Waals surface area contributed by atoms with Crippen LogP contribution in [0.4, 0.5) is 0 Å². The molecule has 2 N–H and O–H groups in total. The van der Waals surface area contributed by atoms with Gasteiger partial charge >= 0.3 is 0 Å². The summed E-state index contributed by atoms with van der Waals surface area (Å²) in [5.41, 5.74) is 1.13. The molecule has 0 heterocycles. The fraction of sp³-hybridized carbons (Fsp3) is 0.500. The summed E-state index contributed by atoms with van der Waals surface area (Å²) in [5, 5.41) is 7.98. The van der Waals surface area contributed by atoms with E-state index in [9.17, 15) is 0 Å². The highest BCUT2D eigenvalue weighted by Crippen LogP contribution is 2.27. The van der Waals surface area contributed by atoms with E-state index in [1.54, 1.807) is 13.1 Å². The van der Waals surface area contributed by atoms with E-state index < -0.39 is 0 Å². The van der Waals surface area contributed by atoms with Crippen molar-refractivity contribution >= 4 is 53.1 Å². The smallest absolute Gasteiger partial charge is 0.190 e. The lowest BCUT2D eigenvalue weighted by Crippen LogP contribution is -2.39. The second-order valence-corrected chi connectivity index (χ2v) is 5.72. The molecule has 1 fully saturated rings. The van der Waals surface area contributed by atoms with Crippen molar-refractivity contribution in [1.29, 1.82) is 0 Å². The Morgan fingerprint density at radius 3 is 2.40 bits per heavy atom. The summed E-state index contributed by atoms with van der Waals surface area (Å²) < 4.78 is 0. The van der Waals surface area contributed by atoms with Crippen LogP contribution in [-0.4, -0.2) is 26.1 Å². The van der Waals surface area contributed by atoms with Crippen molar-refractivity contribution < 1.29 is 0 Å². The zero-order valence-corrected chi connectivity index (χ0v) is 15.3. The molecule has 0 aliphatic heterocycles. The van der Waals surface area contributed by atoms with Gasteiger partial charge in [0.2, 0.25) is 0 Å². The maximum absolute atomic E-state index is 5.97. The minimum absolute atomic E-state index is 0. The Bertz CT molecular complexity index is 441. The summed E-state index contributed by atoms with van der Waals surface area (Å²) in [6.45, 7) is 1.82. The van der Waals surface area contributed by atoms with Crippen molar-refractivity contribution in [2.24, 2.45) is 10.9 Å². The topological polar surface area (TPSA) is 36.4 Å². The first-order chi connectivity index (χ1) is 9.17. The summed E-state index contributed by atoms with van der Waals surface area (Å²) >= 11 is 11.9. The van der Waals surface area contributed by atoms with Gasteiger partial charge in [0.05, 0.1) is 0 Å². The van der Waals surface area contributed by atoms with Crippen LogP contribution in [0.15, 0.2) is 23.2 Å². The van der Waals surface area contributed by atoms with Crippen LogP contribution in [0.25, 0.3) is 0 Å². The largest absolute Gasteiger partial charge is 0.356 e. The van der Waals surface area contributed by atoms with E-state index in [1.807, 2.05) is 12.1 Å². The molecule has 1 aliphatic rings. The van der Waals surface area contributed by atoms with E-state index in [0.717, 1.165) is 37.0 Å². The third-order valence-electron chi connectivity index (χ3n) is 3.11. The van der Waals surface area contributed by atoms with Gasteiger partial charge in [-0.25, -0.2) is 0 Å². The molecule has 2 rings (SSSR count). The Balaban J connectivity index is 0.00000200. The average Bonchev–Trinajstić information content (AvgIpc) is 3.16. The lowest BCUT2D eigenvalue weighted by Gasteiger charge is -2.11. The number of nitrogens with one attached hydrogen (secondary N) is 2. The predicted octanol–water partition coefficient (Wildman–Crippen LogP) is 3.73. The summed E-state index contributed by atoms with van der Waals surface area (Å²) in [5.74, 6) is 1.70. The molecule has 3 nitrogen and oxygen atoms in total. The molecular formula is C14H20Cl2IN3. The molecule has 0 bridgehead atoms. The fourth-order valence-electron chi connectivity index (χ4n) is 1.86. The lowest BCUT2D eigenvalue weighted by molar-refractivity contribution is 0.734. The third kappa shape index (κ3) is 6.50. The second-order valence-electron chi connectivity index (χ2n) is 4.85. The zero-order chi connectivity index (χ0) is 13.7. The minimum atomic E-state index is 0. The molecule has 20 heavy (non-hydrogen) atoms. The molecule has 0 radical (unpaired) electrons. The highest BCUT2D eigenvalue weighted by atomic mass is 127. The van der Waals surface area contributed by atoms with Gasteiger partial charge in [0, 0.05) is 30.2 Å². The van der Waals surface area contributed by atoms with E-state index in [1.165, 1.54) is 12.8 Å². The van der Waals surface area contributed by atoms with Crippen molar-refractivity contribution in [3.8, 4) is 0 Å². The van der Waals surface area contributed by atoms with Gasteiger partial charge in [-0.15, -0.1) is 24.0 Å². The van der Waals surface area contributed by atoms with Gasteiger partial charge in [-0.2, -0.15) is 0 Å². The molecule has 0 amide bonds. The normalized spacial score (nSPS) is 14.7. The van der Waals surface area contributed by atoms with Gasteiger partial charge in [-0.1, -0.05) is 23.2 Å². The Hall–Kier alpha value is -0.200. The molecule has 0 unspecified atom stereocenters. The number of halogens is 3. The van der Waals surface area contributed by atoms with Crippen LogP contribution in [0, 0.1) is 5.92 Å². The van der Waals surface area contributed by atoms with Crippen LogP contribution in [0.5, 0.6) is 0 Å². The van der Waals surface area contributed by atoms with Gasteiger partial charge in [-0.3, -0.25) is 4.99 Å². The van der Waals surface area contributed by atoms with Crippen LogP contribution in [0.3, 0.4) is 0 Å². The van der Waals surface area contributed by atoms with Crippen molar-refractivity contribution in [2.75, 3.05) is 20.1 Å². The van der Waals surface area contributed by atoms with Crippen LogP contribution in [0.1, 0.15) is 18.4 Å². The summed E-state index contributed by atoms with van der Waals surface area (Å²) in [7, 11) is 1.79.